The van der Waals surface area contributed by atoms with Gasteiger partial charge in [0.2, 0.25) is 0 Å². The first-order valence-electron chi connectivity index (χ1n) is 9.59. The van der Waals surface area contributed by atoms with Crippen LogP contribution in [-0.4, -0.2) is 35.0 Å². The SMILES string of the molecule is CC1(C)C[C@H]2[C@H](CCCN2C(=O)c2cc(F)ccc2F)N1c1ccc(F)cc1. The molecule has 3 nitrogen and oxygen atoms in total. The molecule has 2 aliphatic heterocycles. The number of piperidine rings is 1. The zero-order chi connectivity index (χ0) is 20.1. The van der Waals surface area contributed by atoms with Crippen molar-refractivity contribution < 1.29 is 18.0 Å². The second-order valence-electron chi connectivity index (χ2n) is 8.26. The van der Waals surface area contributed by atoms with Gasteiger partial charge in [-0.1, -0.05) is 0 Å². The van der Waals surface area contributed by atoms with Crippen LogP contribution in [0.1, 0.15) is 43.5 Å². The van der Waals surface area contributed by atoms with Crippen molar-refractivity contribution in [3.05, 3.63) is 65.5 Å². The van der Waals surface area contributed by atoms with Crippen LogP contribution in [0, 0.1) is 17.5 Å². The molecule has 6 heteroatoms. The quantitative estimate of drug-likeness (QED) is 0.740. The fraction of sp³-hybridized carbons (Fsp3) is 0.409. The average molecular weight is 388 g/mol. The summed E-state index contributed by atoms with van der Waals surface area (Å²) in [6.07, 6.45) is 2.37. The number of hydrogen-bond donors (Lipinski definition) is 0. The molecule has 2 atom stereocenters. The molecule has 1 amide bonds. The molecule has 0 aliphatic carbocycles. The van der Waals surface area contributed by atoms with Gasteiger partial charge in [0.1, 0.15) is 17.5 Å². The molecule has 0 spiro atoms. The third kappa shape index (κ3) is 3.15. The molecule has 0 N–H and O–H groups in total. The van der Waals surface area contributed by atoms with E-state index in [0.29, 0.717) is 13.0 Å². The van der Waals surface area contributed by atoms with Crippen LogP contribution in [-0.2, 0) is 0 Å². The van der Waals surface area contributed by atoms with Gasteiger partial charge in [0, 0.05) is 17.8 Å². The highest BCUT2D eigenvalue weighted by atomic mass is 19.1. The molecule has 0 radical (unpaired) electrons. The summed E-state index contributed by atoms with van der Waals surface area (Å²) < 4.78 is 41.2. The number of fused-ring (bicyclic) bond motifs is 1. The van der Waals surface area contributed by atoms with Crippen molar-refractivity contribution in [2.24, 2.45) is 0 Å². The molecule has 0 aromatic heterocycles. The summed E-state index contributed by atoms with van der Waals surface area (Å²) in [5, 5.41) is 0. The number of rotatable bonds is 2. The number of carbonyl (C=O) groups excluding carboxylic acids is 1. The minimum atomic E-state index is -0.707. The van der Waals surface area contributed by atoms with Crippen molar-refractivity contribution in [1.82, 2.24) is 4.90 Å². The maximum absolute atomic E-state index is 14.2. The minimum absolute atomic E-state index is 0.0507. The van der Waals surface area contributed by atoms with Gasteiger partial charge in [0.15, 0.2) is 0 Å². The van der Waals surface area contributed by atoms with Gasteiger partial charge in [-0.05, 0) is 75.6 Å². The molecular weight excluding hydrogens is 365 g/mol. The molecule has 28 heavy (non-hydrogen) atoms. The monoisotopic (exact) mass is 388 g/mol. The Balaban J connectivity index is 1.67. The van der Waals surface area contributed by atoms with Crippen LogP contribution < -0.4 is 4.90 Å². The summed E-state index contributed by atoms with van der Waals surface area (Å²) in [5.41, 5.74) is 0.431. The van der Waals surface area contributed by atoms with Crippen molar-refractivity contribution in [2.75, 3.05) is 11.4 Å². The second-order valence-corrected chi connectivity index (χ2v) is 8.26. The Morgan fingerprint density at radius 1 is 1.00 bits per heavy atom. The van der Waals surface area contributed by atoms with E-state index in [0.717, 1.165) is 36.7 Å². The number of carbonyl (C=O) groups is 1. The van der Waals surface area contributed by atoms with Crippen molar-refractivity contribution in [1.29, 1.82) is 0 Å². The molecule has 2 aromatic rings. The van der Waals surface area contributed by atoms with Gasteiger partial charge in [-0.2, -0.15) is 0 Å². The Bertz CT molecular complexity index is 897. The van der Waals surface area contributed by atoms with Crippen molar-refractivity contribution in [3.63, 3.8) is 0 Å². The van der Waals surface area contributed by atoms with Crippen molar-refractivity contribution >= 4 is 11.6 Å². The number of amides is 1. The third-order valence-electron chi connectivity index (χ3n) is 5.96. The Labute approximate surface area is 162 Å². The molecule has 2 aromatic carbocycles. The molecular formula is C22H23F3N2O. The lowest BCUT2D eigenvalue weighted by Crippen LogP contribution is -2.53. The maximum atomic E-state index is 14.2. The fourth-order valence-corrected chi connectivity index (χ4v) is 4.85. The standard InChI is InChI=1S/C22H23F3N2O/c1-22(2)13-20-19(27(22)16-8-5-14(23)6-9-16)4-3-11-26(20)21(28)17-12-15(24)7-10-18(17)25/h5-10,12,19-20H,3-4,11,13H2,1-2H3/t19-,20-/m0/s1. The Hall–Kier alpha value is -2.50. The first-order valence-corrected chi connectivity index (χ1v) is 9.59. The van der Waals surface area contributed by atoms with Crippen LogP contribution in [0.3, 0.4) is 0 Å². The largest absolute Gasteiger partial charge is 0.361 e. The summed E-state index contributed by atoms with van der Waals surface area (Å²) >= 11 is 0. The van der Waals surface area contributed by atoms with Gasteiger partial charge in [0.25, 0.3) is 5.91 Å². The van der Waals surface area contributed by atoms with E-state index in [9.17, 15) is 18.0 Å². The highest BCUT2D eigenvalue weighted by Gasteiger charge is 2.50. The molecule has 4 rings (SSSR count). The van der Waals surface area contributed by atoms with Gasteiger partial charge in [0.05, 0.1) is 17.6 Å². The highest BCUT2D eigenvalue weighted by molar-refractivity contribution is 5.95. The number of nitrogens with zero attached hydrogens (tertiary/aromatic N) is 2. The third-order valence-corrected chi connectivity index (χ3v) is 5.96. The molecule has 2 fully saturated rings. The molecule has 148 valence electrons. The Kier molecular flexibility index (Phi) is 4.60. The number of halogens is 3. The summed E-state index contributed by atoms with van der Waals surface area (Å²) in [7, 11) is 0. The summed E-state index contributed by atoms with van der Waals surface area (Å²) in [6.45, 7) is 4.71. The number of likely N-dealkylation sites (tertiary alicyclic amines) is 1. The van der Waals surface area contributed by atoms with E-state index in [2.05, 4.69) is 18.7 Å². The van der Waals surface area contributed by atoms with E-state index >= 15 is 0 Å². The van der Waals surface area contributed by atoms with Gasteiger partial charge in [-0.3, -0.25) is 4.79 Å². The predicted octanol–water partition coefficient (Wildman–Crippen LogP) is 4.77. The molecule has 2 saturated heterocycles. The van der Waals surface area contributed by atoms with E-state index in [1.165, 1.54) is 12.1 Å². The second kappa shape index (κ2) is 6.83. The smallest absolute Gasteiger partial charge is 0.257 e. The van der Waals surface area contributed by atoms with Gasteiger partial charge < -0.3 is 9.80 Å². The zero-order valence-corrected chi connectivity index (χ0v) is 16.0. The van der Waals surface area contributed by atoms with Crippen LogP contribution in [0.4, 0.5) is 18.9 Å². The summed E-state index contributed by atoms with van der Waals surface area (Å²) in [4.78, 5) is 17.0. The number of anilines is 1. The van der Waals surface area contributed by atoms with Gasteiger partial charge >= 0.3 is 0 Å². The zero-order valence-electron chi connectivity index (χ0n) is 16.0. The van der Waals surface area contributed by atoms with Crippen molar-refractivity contribution in [3.8, 4) is 0 Å². The predicted molar refractivity (Wildman–Crippen MR) is 102 cm³/mol. The van der Waals surface area contributed by atoms with E-state index in [4.69, 9.17) is 0 Å². The van der Waals surface area contributed by atoms with E-state index in [-0.39, 0.29) is 29.0 Å². The van der Waals surface area contributed by atoms with E-state index in [1.54, 1.807) is 17.0 Å². The fourth-order valence-electron chi connectivity index (χ4n) is 4.85. The van der Waals surface area contributed by atoms with Crippen LogP contribution in [0.5, 0.6) is 0 Å². The first-order chi connectivity index (χ1) is 13.3. The number of hydrogen-bond acceptors (Lipinski definition) is 2. The normalized spacial score (nSPS) is 23.6. The lowest BCUT2D eigenvalue weighted by molar-refractivity contribution is 0.0600. The molecule has 0 saturated carbocycles. The highest BCUT2D eigenvalue weighted by Crippen LogP contribution is 2.44. The lowest BCUT2D eigenvalue weighted by Gasteiger charge is -2.42. The summed E-state index contributed by atoms with van der Waals surface area (Å²) in [5.74, 6) is -2.10. The van der Waals surface area contributed by atoms with Crippen LogP contribution in [0.25, 0.3) is 0 Å². The maximum Gasteiger partial charge on any atom is 0.257 e. The molecule has 0 bridgehead atoms. The molecule has 2 heterocycles. The van der Waals surface area contributed by atoms with Crippen LogP contribution in [0.15, 0.2) is 42.5 Å². The Morgan fingerprint density at radius 2 is 1.68 bits per heavy atom. The van der Waals surface area contributed by atoms with E-state index in [1.807, 2.05) is 0 Å². The van der Waals surface area contributed by atoms with Crippen molar-refractivity contribution in [2.45, 2.75) is 50.7 Å². The lowest BCUT2D eigenvalue weighted by atomic mass is 9.93. The summed E-state index contributed by atoms with van der Waals surface area (Å²) in [6, 6.07) is 9.31. The molecule has 0 unspecified atom stereocenters. The van der Waals surface area contributed by atoms with Crippen LogP contribution >= 0.6 is 0 Å². The van der Waals surface area contributed by atoms with Gasteiger partial charge in [-0.15, -0.1) is 0 Å². The average Bonchev–Trinajstić information content (AvgIpc) is 2.93. The Morgan fingerprint density at radius 3 is 2.39 bits per heavy atom. The minimum Gasteiger partial charge on any atom is -0.361 e. The first kappa shape index (κ1) is 18.8. The molecule has 2 aliphatic rings. The van der Waals surface area contributed by atoms with E-state index < -0.39 is 17.5 Å². The number of benzene rings is 2. The van der Waals surface area contributed by atoms with Gasteiger partial charge in [-0.25, -0.2) is 13.2 Å². The van der Waals surface area contributed by atoms with Crippen LogP contribution in [0.2, 0.25) is 0 Å². The topological polar surface area (TPSA) is 23.6 Å².